The number of carbonyl (C=O) groups is 1. The van der Waals surface area contributed by atoms with Crippen molar-refractivity contribution in [1.82, 2.24) is 30.0 Å². The number of hydrogen-bond acceptors (Lipinski definition) is 7. The van der Waals surface area contributed by atoms with Gasteiger partial charge in [0.2, 0.25) is 11.9 Å². The first kappa shape index (κ1) is 21.9. The van der Waals surface area contributed by atoms with E-state index >= 15 is 0 Å². The molecule has 9 nitrogen and oxygen atoms in total. The zero-order valence-electron chi connectivity index (χ0n) is 16.8. The van der Waals surface area contributed by atoms with Gasteiger partial charge < -0.3 is 10.1 Å². The fourth-order valence-corrected chi connectivity index (χ4v) is 2.65. The fraction of sp³-hybridized carbons (Fsp3) is 0.300. The smallest absolute Gasteiger partial charge is 0.387 e. The normalized spacial score (nSPS) is 11.2. The van der Waals surface area contributed by atoms with Gasteiger partial charge in [-0.1, -0.05) is 6.92 Å². The third-order valence-corrected chi connectivity index (χ3v) is 4.00. The Kier molecular flexibility index (Phi) is 7.68. The highest BCUT2D eigenvalue weighted by atomic mass is 19.3. The predicted octanol–water partition coefficient (Wildman–Crippen LogP) is 2.81. The zero-order valence-corrected chi connectivity index (χ0v) is 16.8. The van der Waals surface area contributed by atoms with Crippen LogP contribution in [0.3, 0.4) is 0 Å². The van der Waals surface area contributed by atoms with E-state index in [0.29, 0.717) is 29.6 Å². The maximum Gasteiger partial charge on any atom is 0.387 e. The van der Waals surface area contributed by atoms with E-state index in [4.69, 9.17) is 0 Å². The molecule has 3 aromatic rings. The van der Waals surface area contributed by atoms with Gasteiger partial charge in [0.25, 0.3) is 0 Å². The van der Waals surface area contributed by atoms with Crippen molar-refractivity contribution >= 4 is 18.1 Å². The number of aliphatic imine (C=N–C) groups is 1. The summed E-state index contributed by atoms with van der Waals surface area (Å²) in [5, 5.41) is 7.13. The van der Waals surface area contributed by atoms with Crippen LogP contribution in [0.1, 0.15) is 19.2 Å². The standard InChI is InChI=1S/C20H21F2N7O2/c1-2-4-16-27-18(14-5-7-15(8-6-14)31-19(21)22)28-29(16)13-17(30)23-11-12-26-20-24-9-3-10-25-20/h3,5-10,12,19H,2,4,11,13H2,1H3,(H,23,30). The van der Waals surface area contributed by atoms with E-state index < -0.39 is 6.61 Å². The van der Waals surface area contributed by atoms with Gasteiger partial charge in [0.1, 0.15) is 18.1 Å². The molecule has 0 bridgehead atoms. The molecule has 2 aromatic heterocycles. The van der Waals surface area contributed by atoms with Crippen molar-refractivity contribution in [3.05, 3.63) is 48.5 Å². The molecule has 31 heavy (non-hydrogen) atoms. The van der Waals surface area contributed by atoms with E-state index in [1.165, 1.54) is 23.0 Å². The van der Waals surface area contributed by atoms with Crippen LogP contribution in [0, 0.1) is 0 Å². The van der Waals surface area contributed by atoms with Gasteiger partial charge in [0.05, 0.1) is 6.54 Å². The maximum atomic E-state index is 12.3. The molecule has 0 aliphatic heterocycles. The monoisotopic (exact) mass is 429 g/mol. The van der Waals surface area contributed by atoms with Gasteiger partial charge >= 0.3 is 6.61 Å². The Morgan fingerprint density at radius 2 is 2.00 bits per heavy atom. The van der Waals surface area contributed by atoms with Gasteiger partial charge in [-0.25, -0.2) is 24.6 Å². The molecule has 0 saturated heterocycles. The zero-order chi connectivity index (χ0) is 22.1. The maximum absolute atomic E-state index is 12.3. The van der Waals surface area contributed by atoms with Crippen LogP contribution in [0.5, 0.6) is 5.75 Å². The van der Waals surface area contributed by atoms with Crippen molar-refractivity contribution in [2.24, 2.45) is 4.99 Å². The molecule has 3 rings (SSSR count). The number of nitrogens with zero attached hydrogens (tertiary/aromatic N) is 6. The highest BCUT2D eigenvalue weighted by Crippen LogP contribution is 2.21. The molecule has 162 valence electrons. The molecule has 0 saturated carbocycles. The Morgan fingerprint density at radius 3 is 2.68 bits per heavy atom. The highest BCUT2D eigenvalue weighted by Gasteiger charge is 2.14. The van der Waals surface area contributed by atoms with Gasteiger partial charge in [0.15, 0.2) is 5.82 Å². The summed E-state index contributed by atoms with van der Waals surface area (Å²) in [6.45, 7) is -0.682. The number of amides is 1. The summed E-state index contributed by atoms with van der Waals surface area (Å²) in [4.78, 5) is 28.7. The average Bonchev–Trinajstić information content (AvgIpc) is 3.14. The third kappa shape index (κ3) is 6.63. The second-order valence-corrected chi connectivity index (χ2v) is 6.33. The second kappa shape index (κ2) is 10.9. The summed E-state index contributed by atoms with van der Waals surface area (Å²) in [6.07, 6.45) is 6.13. The van der Waals surface area contributed by atoms with Crippen LogP contribution in [0.2, 0.25) is 0 Å². The molecule has 2 heterocycles. The predicted molar refractivity (Wildman–Crippen MR) is 109 cm³/mol. The number of aryl methyl sites for hydroxylation is 1. The Bertz CT molecular complexity index is 1010. The largest absolute Gasteiger partial charge is 0.435 e. The number of alkyl halides is 2. The Labute approximate surface area is 177 Å². The SMILES string of the molecule is CCCc1nc(-c2ccc(OC(F)F)cc2)nn1CC(=O)NCC=Nc1ncccn1. The van der Waals surface area contributed by atoms with E-state index in [1.54, 1.807) is 30.6 Å². The first-order chi connectivity index (χ1) is 15.0. The lowest BCUT2D eigenvalue weighted by molar-refractivity contribution is -0.121. The topological polar surface area (TPSA) is 107 Å². The minimum Gasteiger partial charge on any atom is -0.435 e. The van der Waals surface area contributed by atoms with Crippen molar-refractivity contribution in [2.75, 3.05) is 6.54 Å². The van der Waals surface area contributed by atoms with Crippen molar-refractivity contribution in [3.8, 4) is 17.1 Å². The molecule has 0 fully saturated rings. The van der Waals surface area contributed by atoms with Crippen LogP contribution in [-0.2, 0) is 17.8 Å². The van der Waals surface area contributed by atoms with Gasteiger partial charge in [-0.15, -0.1) is 0 Å². The molecule has 0 atom stereocenters. The van der Waals surface area contributed by atoms with Crippen molar-refractivity contribution < 1.29 is 18.3 Å². The van der Waals surface area contributed by atoms with Crippen molar-refractivity contribution in [1.29, 1.82) is 0 Å². The fourth-order valence-electron chi connectivity index (χ4n) is 2.65. The number of ether oxygens (including phenoxy) is 1. The molecule has 1 amide bonds. The molecule has 11 heteroatoms. The molecule has 0 spiro atoms. The van der Waals surface area contributed by atoms with E-state index in [9.17, 15) is 13.6 Å². The number of nitrogens with one attached hydrogen (secondary N) is 1. The van der Waals surface area contributed by atoms with Crippen molar-refractivity contribution in [3.63, 3.8) is 0 Å². The number of carbonyl (C=O) groups excluding carboxylic acids is 1. The first-order valence-corrected chi connectivity index (χ1v) is 9.60. The van der Waals surface area contributed by atoms with Gasteiger partial charge in [0, 0.05) is 30.6 Å². The Hall–Kier alpha value is -3.76. The lowest BCUT2D eigenvalue weighted by atomic mass is 10.2. The molecular formula is C20H21F2N7O2. The summed E-state index contributed by atoms with van der Waals surface area (Å²) < 4.78 is 30.5. The van der Waals surface area contributed by atoms with Gasteiger partial charge in [-0.2, -0.15) is 13.9 Å². The molecule has 0 aliphatic carbocycles. The van der Waals surface area contributed by atoms with Gasteiger partial charge in [-0.3, -0.25) is 4.79 Å². The number of hydrogen-bond donors (Lipinski definition) is 1. The van der Waals surface area contributed by atoms with Crippen LogP contribution in [0.15, 0.2) is 47.7 Å². The lowest BCUT2D eigenvalue weighted by Gasteiger charge is -2.05. The van der Waals surface area contributed by atoms with Crippen LogP contribution >= 0.6 is 0 Å². The summed E-state index contributed by atoms with van der Waals surface area (Å²) >= 11 is 0. The van der Waals surface area contributed by atoms with Gasteiger partial charge in [-0.05, 0) is 36.8 Å². The van der Waals surface area contributed by atoms with Crippen LogP contribution < -0.4 is 10.1 Å². The van der Waals surface area contributed by atoms with Crippen molar-refractivity contribution in [2.45, 2.75) is 32.9 Å². The van der Waals surface area contributed by atoms with E-state index in [-0.39, 0.29) is 24.7 Å². The Morgan fingerprint density at radius 1 is 1.26 bits per heavy atom. The second-order valence-electron chi connectivity index (χ2n) is 6.33. The quantitative estimate of drug-likeness (QED) is 0.497. The highest BCUT2D eigenvalue weighted by molar-refractivity contribution is 5.79. The molecule has 1 N–H and O–H groups in total. The number of halogens is 2. The summed E-state index contributed by atoms with van der Waals surface area (Å²) in [7, 11) is 0. The molecule has 1 aromatic carbocycles. The third-order valence-electron chi connectivity index (χ3n) is 4.00. The molecule has 0 unspecified atom stereocenters. The lowest BCUT2D eigenvalue weighted by Crippen LogP contribution is -2.30. The van der Waals surface area contributed by atoms with Crippen LogP contribution in [0.25, 0.3) is 11.4 Å². The average molecular weight is 429 g/mol. The molecule has 0 aliphatic rings. The minimum absolute atomic E-state index is 0.00934. The summed E-state index contributed by atoms with van der Waals surface area (Å²) in [5.41, 5.74) is 0.633. The molecule has 0 radical (unpaired) electrons. The number of aromatic nitrogens is 5. The van der Waals surface area contributed by atoms with E-state index in [2.05, 4.69) is 35.1 Å². The Balaban J connectivity index is 1.63. The summed E-state index contributed by atoms with van der Waals surface area (Å²) in [5.74, 6) is 1.17. The van der Waals surface area contributed by atoms with E-state index in [1.807, 2.05) is 6.92 Å². The first-order valence-electron chi connectivity index (χ1n) is 9.60. The molecular weight excluding hydrogens is 408 g/mol. The number of benzene rings is 1. The number of rotatable bonds is 10. The minimum atomic E-state index is -2.89. The summed E-state index contributed by atoms with van der Waals surface area (Å²) in [6, 6.07) is 7.71. The van der Waals surface area contributed by atoms with E-state index in [0.717, 1.165) is 6.42 Å². The van der Waals surface area contributed by atoms with Crippen LogP contribution in [-0.4, -0.2) is 50.0 Å². The van der Waals surface area contributed by atoms with Crippen LogP contribution in [0.4, 0.5) is 14.7 Å².